The average molecular weight is 359 g/mol. The van der Waals surface area contributed by atoms with E-state index in [2.05, 4.69) is 21.2 Å². The summed E-state index contributed by atoms with van der Waals surface area (Å²) >= 11 is 9.55. The van der Waals surface area contributed by atoms with Crippen molar-refractivity contribution in [3.63, 3.8) is 0 Å². The molecule has 0 radical (unpaired) electrons. The first-order valence-corrected chi connectivity index (χ1v) is 7.37. The van der Waals surface area contributed by atoms with Crippen LogP contribution in [0.1, 0.15) is 12.5 Å². The van der Waals surface area contributed by atoms with Gasteiger partial charge in [0.1, 0.15) is 11.6 Å². The normalized spacial score (nSPS) is 10.4. The molecule has 0 aliphatic heterocycles. The van der Waals surface area contributed by atoms with Gasteiger partial charge in [-0.1, -0.05) is 27.5 Å². The van der Waals surface area contributed by atoms with Crippen molar-refractivity contribution in [1.82, 2.24) is 0 Å². The Morgan fingerprint density at radius 1 is 1.25 bits per heavy atom. The molecule has 0 unspecified atom stereocenters. The van der Waals surface area contributed by atoms with E-state index in [1.807, 2.05) is 25.1 Å². The number of benzene rings is 2. The first kappa shape index (κ1) is 15.1. The summed E-state index contributed by atoms with van der Waals surface area (Å²) in [5, 5.41) is 3.89. The minimum absolute atomic E-state index is 0.320. The summed E-state index contributed by atoms with van der Waals surface area (Å²) in [7, 11) is 0. The summed E-state index contributed by atoms with van der Waals surface area (Å²) < 4.78 is 19.6. The van der Waals surface area contributed by atoms with Crippen molar-refractivity contribution < 1.29 is 9.13 Å². The van der Waals surface area contributed by atoms with Gasteiger partial charge in [-0.3, -0.25) is 0 Å². The number of hydrogen-bond donors (Lipinski definition) is 1. The van der Waals surface area contributed by atoms with Crippen LogP contribution in [0.4, 0.5) is 10.1 Å². The molecule has 2 nitrogen and oxygen atoms in total. The molecule has 20 heavy (non-hydrogen) atoms. The Balaban J connectivity index is 2.16. The van der Waals surface area contributed by atoms with E-state index in [-0.39, 0.29) is 5.82 Å². The largest absolute Gasteiger partial charge is 0.492 e. The summed E-state index contributed by atoms with van der Waals surface area (Å²) in [4.78, 5) is 0. The van der Waals surface area contributed by atoms with Crippen LogP contribution in [-0.2, 0) is 6.54 Å². The molecule has 0 saturated carbocycles. The van der Waals surface area contributed by atoms with Crippen molar-refractivity contribution in [3.8, 4) is 5.75 Å². The molecule has 0 heterocycles. The van der Waals surface area contributed by atoms with Gasteiger partial charge < -0.3 is 10.1 Å². The lowest BCUT2D eigenvalue weighted by atomic mass is 10.2. The number of halogens is 3. The van der Waals surface area contributed by atoms with Crippen molar-refractivity contribution in [2.75, 3.05) is 11.9 Å². The van der Waals surface area contributed by atoms with Crippen molar-refractivity contribution in [1.29, 1.82) is 0 Å². The molecule has 0 fully saturated rings. The van der Waals surface area contributed by atoms with Crippen molar-refractivity contribution in [3.05, 3.63) is 57.3 Å². The third-order valence-electron chi connectivity index (χ3n) is 2.72. The maximum atomic E-state index is 13.2. The first-order valence-electron chi connectivity index (χ1n) is 6.20. The number of nitrogens with one attached hydrogen (secondary N) is 1. The summed E-state index contributed by atoms with van der Waals surface area (Å²) in [6.07, 6.45) is 0. The van der Waals surface area contributed by atoms with Gasteiger partial charge in [0.25, 0.3) is 0 Å². The van der Waals surface area contributed by atoms with E-state index in [0.717, 1.165) is 15.7 Å². The minimum atomic E-state index is -0.320. The number of hydrogen-bond acceptors (Lipinski definition) is 2. The molecule has 106 valence electrons. The zero-order valence-electron chi connectivity index (χ0n) is 10.9. The number of ether oxygens (including phenoxy) is 1. The Morgan fingerprint density at radius 2 is 2.05 bits per heavy atom. The van der Waals surface area contributed by atoms with Gasteiger partial charge >= 0.3 is 0 Å². The highest BCUT2D eigenvalue weighted by molar-refractivity contribution is 9.10. The molecule has 2 rings (SSSR count). The van der Waals surface area contributed by atoms with Gasteiger partial charge in [-0.25, -0.2) is 4.39 Å². The van der Waals surface area contributed by atoms with Crippen LogP contribution in [0.3, 0.4) is 0 Å². The Hall–Kier alpha value is -1.26. The zero-order valence-corrected chi connectivity index (χ0v) is 13.3. The Morgan fingerprint density at radius 3 is 2.80 bits per heavy atom. The van der Waals surface area contributed by atoms with Crippen LogP contribution >= 0.6 is 27.5 Å². The minimum Gasteiger partial charge on any atom is -0.492 e. The predicted molar refractivity (Wildman–Crippen MR) is 84.0 cm³/mol. The second-order valence-corrected chi connectivity index (χ2v) is 5.49. The third-order valence-corrected chi connectivity index (χ3v) is 3.58. The van der Waals surface area contributed by atoms with Gasteiger partial charge in [0.15, 0.2) is 0 Å². The molecule has 0 aliphatic carbocycles. The van der Waals surface area contributed by atoms with E-state index in [1.54, 1.807) is 6.07 Å². The molecule has 0 aromatic heterocycles. The second-order valence-electron chi connectivity index (χ2n) is 4.16. The first-order chi connectivity index (χ1) is 9.60. The molecule has 0 spiro atoms. The number of rotatable bonds is 5. The van der Waals surface area contributed by atoms with Gasteiger partial charge in [-0.05, 0) is 42.8 Å². The smallest absolute Gasteiger partial charge is 0.145 e. The molecule has 0 atom stereocenters. The summed E-state index contributed by atoms with van der Waals surface area (Å²) in [5.41, 5.74) is 1.69. The van der Waals surface area contributed by atoms with Crippen LogP contribution in [-0.4, -0.2) is 6.61 Å². The van der Waals surface area contributed by atoms with E-state index < -0.39 is 0 Å². The lowest BCUT2D eigenvalue weighted by Gasteiger charge is -2.13. The highest BCUT2D eigenvalue weighted by Gasteiger charge is 2.07. The quantitative estimate of drug-likeness (QED) is 0.788. The van der Waals surface area contributed by atoms with E-state index in [9.17, 15) is 4.39 Å². The van der Waals surface area contributed by atoms with Crippen molar-refractivity contribution in [2.45, 2.75) is 13.5 Å². The fourth-order valence-corrected chi connectivity index (χ4v) is 2.38. The molecule has 0 saturated heterocycles. The van der Waals surface area contributed by atoms with E-state index in [0.29, 0.717) is 23.9 Å². The van der Waals surface area contributed by atoms with Crippen LogP contribution in [0, 0.1) is 5.82 Å². The molecule has 0 amide bonds. The molecule has 5 heteroatoms. The van der Waals surface area contributed by atoms with Crippen LogP contribution in [0.25, 0.3) is 0 Å². The van der Waals surface area contributed by atoms with Crippen LogP contribution < -0.4 is 10.1 Å². The average Bonchev–Trinajstić information content (AvgIpc) is 2.42. The van der Waals surface area contributed by atoms with Crippen LogP contribution in [0.5, 0.6) is 5.75 Å². The van der Waals surface area contributed by atoms with Gasteiger partial charge in [-0.15, -0.1) is 0 Å². The van der Waals surface area contributed by atoms with Gasteiger partial charge in [-0.2, -0.15) is 0 Å². The maximum absolute atomic E-state index is 13.2. The van der Waals surface area contributed by atoms with Gasteiger partial charge in [0, 0.05) is 22.1 Å². The molecular weight excluding hydrogens is 345 g/mol. The fourth-order valence-electron chi connectivity index (χ4n) is 1.79. The SMILES string of the molecule is CCOc1cc(F)ccc1NCc1cc(Br)ccc1Cl. The maximum Gasteiger partial charge on any atom is 0.145 e. The zero-order chi connectivity index (χ0) is 14.5. The summed E-state index contributed by atoms with van der Waals surface area (Å²) in [5.74, 6) is 0.179. The lowest BCUT2D eigenvalue weighted by molar-refractivity contribution is 0.340. The Labute approximate surface area is 131 Å². The Bertz CT molecular complexity index is 606. The van der Waals surface area contributed by atoms with E-state index >= 15 is 0 Å². The highest BCUT2D eigenvalue weighted by Crippen LogP contribution is 2.27. The molecule has 0 bridgehead atoms. The molecule has 2 aromatic carbocycles. The summed E-state index contributed by atoms with van der Waals surface area (Å²) in [6.45, 7) is 2.87. The fraction of sp³-hybridized carbons (Fsp3) is 0.200. The topological polar surface area (TPSA) is 21.3 Å². The molecule has 0 aliphatic rings. The second kappa shape index (κ2) is 6.95. The molecular formula is C15H14BrClFNO. The van der Waals surface area contributed by atoms with Crippen molar-refractivity contribution >= 4 is 33.2 Å². The Kier molecular flexibility index (Phi) is 5.26. The van der Waals surface area contributed by atoms with Crippen molar-refractivity contribution in [2.24, 2.45) is 0 Å². The van der Waals surface area contributed by atoms with Gasteiger partial charge in [0.05, 0.1) is 12.3 Å². The lowest BCUT2D eigenvalue weighted by Crippen LogP contribution is -2.03. The summed E-state index contributed by atoms with van der Waals surface area (Å²) in [6, 6.07) is 10.1. The molecule has 2 aromatic rings. The molecule has 1 N–H and O–H groups in total. The number of anilines is 1. The standard InChI is InChI=1S/C15H14BrClFNO/c1-2-20-15-8-12(18)4-6-14(15)19-9-10-7-11(16)3-5-13(10)17/h3-8,19H,2,9H2,1H3. The predicted octanol–water partition coefficient (Wildman–Crippen LogP) is 5.25. The highest BCUT2D eigenvalue weighted by atomic mass is 79.9. The third kappa shape index (κ3) is 3.87. The van der Waals surface area contributed by atoms with E-state index in [4.69, 9.17) is 16.3 Å². The van der Waals surface area contributed by atoms with Crippen LogP contribution in [0.15, 0.2) is 40.9 Å². The monoisotopic (exact) mass is 357 g/mol. The van der Waals surface area contributed by atoms with E-state index in [1.165, 1.54) is 12.1 Å². The van der Waals surface area contributed by atoms with Crippen LogP contribution in [0.2, 0.25) is 5.02 Å². The van der Waals surface area contributed by atoms with Gasteiger partial charge in [0.2, 0.25) is 0 Å².